The quantitative estimate of drug-likeness (QED) is 0.530. The van der Waals surface area contributed by atoms with Crippen LogP contribution in [0.15, 0.2) is 29.6 Å². The second kappa shape index (κ2) is 5.58. The minimum absolute atomic E-state index is 0.271. The summed E-state index contributed by atoms with van der Waals surface area (Å²) in [5.41, 5.74) is 8.02. The third-order valence-corrected chi connectivity index (χ3v) is 4.67. The highest BCUT2D eigenvalue weighted by molar-refractivity contribution is 7.99. The summed E-state index contributed by atoms with van der Waals surface area (Å²) in [6, 6.07) is 5.69. The van der Waals surface area contributed by atoms with E-state index in [0.29, 0.717) is 22.0 Å². The first-order valence-electron chi connectivity index (χ1n) is 6.51. The van der Waals surface area contributed by atoms with Gasteiger partial charge in [0.25, 0.3) is 0 Å². The fraction of sp³-hybridized carbons (Fsp3) is 0.357. The molecule has 2 N–H and O–H groups in total. The van der Waals surface area contributed by atoms with Gasteiger partial charge in [0.2, 0.25) is 0 Å². The lowest BCUT2D eigenvalue weighted by Gasteiger charge is -2.15. The van der Waals surface area contributed by atoms with E-state index < -0.39 is 0 Å². The first-order valence-corrected chi connectivity index (χ1v) is 7.77. The van der Waals surface area contributed by atoms with E-state index >= 15 is 0 Å². The molecule has 1 aliphatic rings. The summed E-state index contributed by atoms with van der Waals surface area (Å²) in [4.78, 5) is 13.0. The van der Waals surface area contributed by atoms with Crippen LogP contribution in [0.25, 0.3) is 0 Å². The Labute approximate surface area is 127 Å². The molecule has 0 aromatic carbocycles. The van der Waals surface area contributed by atoms with Crippen molar-refractivity contribution in [1.29, 1.82) is 0 Å². The molecular formula is C14H15ClN4S. The number of thioether (sulfide) groups is 1. The summed E-state index contributed by atoms with van der Waals surface area (Å²) in [5, 5.41) is 1.27. The van der Waals surface area contributed by atoms with Gasteiger partial charge < -0.3 is 5.73 Å². The molecule has 6 heteroatoms. The van der Waals surface area contributed by atoms with Gasteiger partial charge in [-0.15, -0.1) is 0 Å². The number of halogens is 1. The summed E-state index contributed by atoms with van der Waals surface area (Å²) in [6.45, 7) is 2.08. The Morgan fingerprint density at radius 1 is 1.35 bits per heavy atom. The largest absolute Gasteiger partial charge is 0.384 e. The molecule has 4 nitrogen and oxygen atoms in total. The minimum Gasteiger partial charge on any atom is -0.384 e. The Hall–Kier alpha value is -1.33. The van der Waals surface area contributed by atoms with E-state index in [1.165, 1.54) is 18.4 Å². The molecule has 20 heavy (non-hydrogen) atoms. The first kappa shape index (κ1) is 13.6. The molecule has 1 saturated carbocycles. The fourth-order valence-electron chi connectivity index (χ4n) is 2.09. The van der Waals surface area contributed by atoms with Crippen molar-refractivity contribution in [1.82, 2.24) is 15.0 Å². The lowest BCUT2D eigenvalue weighted by atomic mass is 10.1. The molecule has 1 fully saturated rings. The van der Waals surface area contributed by atoms with Crippen LogP contribution in [-0.4, -0.2) is 15.0 Å². The van der Waals surface area contributed by atoms with Crippen LogP contribution in [0, 0.1) is 12.8 Å². The number of hydrogen-bond acceptors (Lipinski definition) is 5. The highest BCUT2D eigenvalue weighted by Gasteiger charge is 2.34. The highest BCUT2D eigenvalue weighted by Crippen LogP contribution is 2.50. The molecule has 1 unspecified atom stereocenters. The molecule has 2 aromatic heterocycles. The van der Waals surface area contributed by atoms with E-state index in [9.17, 15) is 0 Å². The normalized spacial score (nSPS) is 16.1. The second-order valence-electron chi connectivity index (χ2n) is 5.03. The smallest absolute Gasteiger partial charge is 0.191 e. The summed E-state index contributed by atoms with van der Waals surface area (Å²) in [6.07, 6.45) is 4.31. The van der Waals surface area contributed by atoms with Crippen LogP contribution in [0.5, 0.6) is 0 Å². The van der Waals surface area contributed by atoms with Gasteiger partial charge in [-0.1, -0.05) is 23.4 Å². The van der Waals surface area contributed by atoms with Crippen LogP contribution in [0.2, 0.25) is 5.15 Å². The molecule has 0 aliphatic heterocycles. The number of pyridine rings is 1. The Bertz CT molecular complexity index is 610. The number of nitrogens with zero attached hydrogens (tertiary/aromatic N) is 3. The van der Waals surface area contributed by atoms with E-state index in [0.717, 1.165) is 5.69 Å². The zero-order chi connectivity index (χ0) is 14.1. The average Bonchev–Trinajstić information content (AvgIpc) is 3.19. The molecule has 1 atom stereocenters. The van der Waals surface area contributed by atoms with Gasteiger partial charge >= 0.3 is 0 Å². The zero-order valence-electron chi connectivity index (χ0n) is 11.1. The summed E-state index contributed by atoms with van der Waals surface area (Å²) < 4.78 is 0. The van der Waals surface area contributed by atoms with Crippen LogP contribution in [0.4, 0.5) is 5.82 Å². The Kier molecular flexibility index (Phi) is 3.81. The van der Waals surface area contributed by atoms with Crippen LogP contribution in [-0.2, 0) is 0 Å². The van der Waals surface area contributed by atoms with E-state index in [1.54, 1.807) is 17.8 Å². The Morgan fingerprint density at radius 3 is 2.80 bits per heavy atom. The molecule has 0 amide bonds. The van der Waals surface area contributed by atoms with Crippen LogP contribution >= 0.6 is 23.4 Å². The second-order valence-corrected chi connectivity index (χ2v) is 6.53. The van der Waals surface area contributed by atoms with E-state index in [2.05, 4.69) is 27.9 Å². The van der Waals surface area contributed by atoms with E-state index in [1.807, 2.05) is 12.3 Å². The number of anilines is 1. The SMILES string of the molecule is Cc1ccnc(C(Sc2nc(N)cc(Cl)n2)C2CC2)c1. The van der Waals surface area contributed by atoms with Crippen molar-refractivity contribution in [3.8, 4) is 0 Å². The van der Waals surface area contributed by atoms with Gasteiger partial charge in [0.1, 0.15) is 11.0 Å². The molecule has 0 saturated heterocycles. The van der Waals surface area contributed by atoms with Gasteiger partial charge in [-0.3, -0.25) is 4.98 Å². The van der Waals surface area contributed by atoms with Gasteiger partial charge in [-0.2, -0.15) is 0 Å². The number of aryl methyl sites for hydroxylation is 1. The minimum atomic E-state index is 0.271. The summed E-state index contributed by atoms with van der Waals surface area (Å²) in [7, 11) is 0. The number of aromatic nitrogens is 3. The summed E-state index contributed by atoms with van der Waals surface area (Å²) in [5.74, 6) is 1.04. The van der Waals surface area contributed by atoms with Crippen molar-refractivity contribution in [2.24, 2.45) is 5.92 Å². The Morgan fingerprint density at radius 2 is 2.15 bits per heavy atom. The van der Waals surface area contributed by atoms with Crippen molar-refractivity contribution >= 4 is 29.2 Å². The van der Waals surface area contributed by atoms with Crippen molar-refractivity contribution in [2.75, 3.05) is 5.73 Å². The first-order chi connectivity index (χ1) is 9.61. The van der Waals surface area contributed by atoms with Crippen LogP contribution < -0.4 is 5.73 Å². The Balaban J connectivity index is 1.88. The van der Waals surface area contributed by atoms with Crippen molar-refractivity contribution in [2.45, 2.75) is 30.2 Å². The lowest BCUT2D eigenvalue weighted by Crippen LogP contribution is -2.03. The summed E-state index contributed by atoms with van der Waals surface area (Å²) >= 11 is 7.54. The molecule has 1 aliphatic carbocycles. The number of hydrogen-bond donors (Lipinski definition) is 1. The molecule has 0 radical (unpaired) electrons. The number of nitrogens with two attached hydrogens (primary N) is 1. The number of rotatable bonds is 4. The van der Waals surface area contributed by atoms with E-state index in [4.69, 9.17) is 17.3 Å². The van der Waals surface area contributed by atoms with Crippen LogP contribution in [0.1, 0.15) is 29.3 Å². The topological polar surface area (TPSA) is 64.7 Å². The molecule has 3 rings (SSSR count). The maximum absolute atomic E-state index is 5.94. The third kappa shape index (κ3) is 3.22. The van der Waals surface area contributed by atoms with Gasteiger partial charge in [0.05, 0.1) is 10.9 Å². The molecule has 2 aromatic rings. The monoisotopic (exact) mass is 306 g/mol. The van der Waals surface area contributed by atoms with Gasteiger partial charge in [-0.25, -0.2) is 9.97 Å². The number of nitrogen functional groups attached to an aromatic ring is 1. The predicted molar refractivity (Wildman–Crippen MR) is 81.8 cm³/mol. The van der Waals surface area contributed by atoms with Crippen molar-refractivity contribution in [3.63, 3.8) is 0 Å². The van der Waals surface area contributed by atoms with E-state index in [-0.39, 0.29) is 5.25 Å². The maximum atomic E-state index is 5.94. The molecular weight excluding hydrogens is 292 g/mol. The fourth-order valence-corrected chi connectivity index (χ4v) is 3.58. The van der Waals surface area contributed by atoms with Crippen molar-refractivity contribution < 1.29 is 0 Å². The molecule has 104 valence electrons. The van der Waals surface area contributed by atoms with Gasteiger partial charge in [-0.05, 0) is 43.4 Å². The standard InChI is InChI=1S/C14H15ClN4S/c1-8-4-5-17-10(6-8)13(9-2-3-9)20-14-18-11(15)7-12(16)19-14/h4-7,9,13H,2-3H2,1H3,(H2,16,18,19). The zero-order valence-corrected chi connectivity index (χ0v) is 12.7. The molecule has 2 heterocycles. The molecule has 0 spiro atoms. The maximum Gasteiger partial charge on any atom is 0.191 e. The third-order valence-electron chi connectivity index (χ3n) is 3.20. The van der Waals surface area contributed by atoms with Crippen LogP contribution in [0.3, 0.4) is 0 Å². The van der Waals surface area contributed by atoms with Crippen molar-refractivity contribution in [3.05, 3.63) is 40.8 Å². The predicted octanol–water partition coefficient (Wildman–Crippen LogP) is 3.66. The lowest BCUT2D eigenvalue weighted by molar-refractivity contribution is 0.774. The molecule has 0 bridgehead atoms. The average molecular weight is 307 g/mol. The van der Waals surface area contributed by atoms with Gasteiger partial charge in [0, 0.05) is 12.3 Å². The highest BCUT2D eigenvalue weighted by atomic mass is 35.5. The van der Waals surface area contributed by atoms with Gasteiger partial charge in [0.15, 0.2) is 5.16 Å².